The molecule has 2 aliphatic rings. The van der Waals surface area contributed by atoms with Gasteiger partial charge in [0, 0.05) is 42.2 Å². The Bertz CT molecular complexity index is 1380. The third-order valence-corrected chi connectivity index (χ3v) is 7.65. The lowest BCUT2D eigenvalue weighted by atomic mass is 10.0. The minimum Gasteiger partial charge on any atom is -0.497 e. The topological polar surface area (TPSA) is 106 Å². The molecule has 3 aromatic rings. The number of nitrogens with zero attached hydrogens (tertiary/aromatic N) is 3. The van der Waals surface area contributed by atoms with E-state index in [0.717, 1.165) is 4.90 Å². The summed E-state index contributed by atoms with van der Waals surface area (Å²) in [5, 5.41) is 5.72. The van der Waals surface area contributed by atoms with Crippen LogP contribution < -0.4 is 20.1 Å². The molecule has 0 radical (unpaired) electrons. The summed E-state index contributed by atoms with van der Waals surface area (Å²) in [4.78, 5) is 35.3. The number of piperidine rings is 1. The highest BCUT2D eigenvalue weighted by Crippen LogP contribution is 2.32. The van der Waals surface area contributed by atoms with E-state index in [1.54, 1.807) is 41.3 Å². The van der Waals surface area contributed by atoms with Crippen LogP contribution in [0.5, 0.6) is 11.6 Å². The quantitative estimate of drug-likeness (QED) is 0.448. The molecule has 2 aromatic carbocycles. The van der Waals surface area contributed by atoms with Crippen molar-refractivity contribution in [3.05, 3.63) is 48.2 Å². The first-order valence-electron chi connectivity index (χ1n) is 12.3. The van der Waals surface area contributed by atoms with E-state index in [0.29, 0.717) is 59.7 Å². The maximum Gasteiger partial charge on any atom is 0.426 e. The van der Waals surface area contributed by atoms with Crippen LogP contribution in [0.1, 0.15) is 23.2 Å². The molecule has 1 saturated heterocycles. The average Bonchev–Trinajstić information content (AvgIpc) is 2.92. The molecule has 2 aliphatic heterocycles. The monoisotopic (exact) mass is 561 g/mol. The molecule has 0 bridgehead atoms. The highest BCUT2D eigenvalue weighted by Gasteiger charge is 2.43. The van der Waals surface area contributed by atoms with Crippen LogP contribution in [0.25, 0.3) is 11.0 Å². The second kappa shape index (κ2) is 11.3. The Morgan fingerprint density at radius 1 is 1.21 bits per heavy atom. The number of methoxy groups -OCH3 is 1. The summed E-state index contributed by atoms with van der Waals surface area (Å²) in [7, 11) is 1.48. The average molecular weight is 562 g/mol. The molecule has 0 aliphatic carbocycles. The van der Waals surface area contributed by atoms with Crippen LogP contribution in [0, 0.1) is 0 Å². The van der Waals surface area contributed by atoms with Crippen molar-refractivity contribution in [2.75, 3.05) is 37.8 Å². The molecule has 1 atom stereocenters. The molecule has 1 unspecified atom stereocenters. The van der Waals surface area contributed by atoms with Gasteiger partial charge in [-0.3, -0.25) is 14.5 Å². The number of benzene rings is 2. The van der Waals surface area contributed by atoms with Crippen molar-refractivity contribution in [2.45, 2.75) is 36.1 Å². The number of anilines is 1. The second-order valence-corrected chi connectivity index (χ2v) is 10.3. The number of hydrogen-bond acceptors (Lipinski definition) is 8. The van der Waals surface area contributed by atoms with Gasteiger partial charge < -0.3 is 20.1 Å². The number of amides is 2. The summed E-state index contributed by atoms with van der Waals surface area (Å²) >= 11 is 1.41. The molecule has 0 saturated carbocycles. The fraction of sp³-hybridized carbons (Fsp3) is 0.385. The van der Waals surface area contributed by atoms with Crippen molar-refractivity contribution in [2.24, 2.45) is 0 Å². The molecule has 39 heavy (non-hydrogen) atoms. The van der Waals surface area contributed by atoms with Crippen LogP contribution in [0.3, 0.4) is 0 Å². The molecule has 5 rings (SSSR count). The van der Waals surface area contributed by atoms with Gasteiger partial charge in [0.05, 0.1) is 35.8 Å². The minimum atomic E-state index is -4.61. The van der Waals surface area contributed by atoms with E-state index in [4.69, 9.17) is 9.47 Å². The fourth-order valence-electron chi connectivity index (χ4n) is 4.50. The summed E-state index contributed by atoms with van der Waals surface area (Å²) in [6, 6.07) is 9.89. The van der Waals surface area contributed by atoms with E-state index in [1.807, 2.05) is 0 Å². The summed E-state index contributed by atoms with van der Waals surface area (Å²) < 4.78 is 52.0. The lowest BCUT2D eigenvalue weighted by Gasteiger charge is -2.34. The number of hydrogen-bond donors (Lipinski definition) is 2. The molecule has 1 fully saturated rings. The zero-order valence-corrected chi connectivity index (χ0v) is 21.8. The highest BCUT2D eigenvalue weighted by atomic mass is 32.2. The first-order valence-corrected chi connectivity index (χ1v) is 13.3. The number of ether oxygens (including phenoxy) is 2. The summed E-state index contributed by atoms with van der Waals surface area (Å²) in [5.41, 5.74) is 1.89. The lowest BCUT2D eigenvalue weighted by Crippen LogP contribution is -2.50. The molecule has 1 aromatic heterocycles. The molecule has 9 nitrogen and oxygen atoms in total. The molecule has 2 amide bonds. The zero-order valence-electron chi connectivity index (χ0n) is 21.0. The number of carbonyl (C=O) groups excluding carboxylic acids is 2. The second-order valence-electron chi connectivity index (χ2n) is 9.31. The van der Waals surface area contributed by atoms with Crippen molar-refractivity contribution in [3.8, 4) is 11.6 Å². The third kappa shape index (κ3) is 6.53. The number of thioether (sulfide) groups is 1. The maximum atomic E-state index is 13.9. The maximum absolute atomic E-state index is 13.9. The number of alkyl halides is 3. The van der Waals surface area contributed by atoms with Gasteiger partial charge in [-0.05, 0) is 43.2 Å². The molecular formula is C26H26F3N5O4S. The molecule has 2 N–H and O–H groups in total. The SMILES string of the molecule is COc1ccc2ncc(OC(CN3CCC(NC(=O)c4ccc5c(c4)NC(=O)CS5)CC3)C(F)(F)F)nc2c1. The van der Waals surface area contributed by atoms with Crippen molar-refractivity contribution in [1.29, 1.82) is 0 Å². The number of fused-ring (bicyclic) bond motifs is 2. The van der Waals surface area contributed by atoms with Gasteiger partial charge in [-0.25, -0.2) is 9.97 Å². The fourth-order valence-corrected chi connectivity index (χ4v) is 5.29. The number of nitrogens with one attached hydrogen (secondary N) is 2. The normalized spacial score (nSPS) is 17.3. The first kappa shape index (κ1) is 27.0. The number of aromatic nitrogens is 2. The predicted octanol–water partition coefficient (Wildman–Crippen LogP) is 3.89. The van der Waals surface area contributed by atoms with Crippen LogP contribution in [0.4, 0.5) is 18.9 Å². The van der Waals surface area contributed by atoms with Crippen LogP contribution in [-0.2, 0) is 4.79 Å². The summed E-state index contributed by atoms with van der Waals surface area (Å²) in [6.07, 6.45) is -4.55. The Hall–Kier alpha value is -3.58. The predicted molar refractivity (Wildman–Crippen MR) is 139 cm³/mol. The number of halogens is 3. The minimum absolute atomic E-state index is 0.119. The summed E-state index contributed by atoms with van der Waals surface area (Å²) in [6.45, 7) is 0.348. The Balaban J connectivity index is 1.17. The largest absolute Gasteiger partial charge is 0.497 e. The van der Waals surface area contributed by atoms with Gasteiger partial charge in [-0.2, -0.15) is 13.2 Å². The molecule has 13 heteroatoms. The molecule has 3 heterocycles. The highest BCUT2D eigenvalue weighted by molar-refractivity contribution is 8.00. The third-order valence-electron chi connectivity index (χ3n) is 6.58. The first-order chi connectivity index (χ1) is 18.7. The Morgan fingerprint density at radius 2 is 2.00 bits per heavy atom. The van der Waals surface area contributed by atoms with E-state index < -0.39 is 12.3 Å². The van der Waals surface area contributed by atoms with E-state index in [-0.39, 0.29) is 30.3 Å². The Morgan fingerprint density at radius 3 is 2.74 bits per heavy atom. The lowest BCUT2D eigenvalue weighted by molar-refractivity contribution is -0.200. The summed E-state index contributed by atoms with van der Waals surface area (Å²) in [5.74, 6) is 0.214. The van der Waals surface area contributed by atoms with E-state index >= 15 is 0 Å². The Labute approximate surface area is 226 Å². The van der Waals surface area contributed by atoms with E-state index in [1.165, 1.54) is 25.1 Å². The van der Waals surface area contributed by atoms with Crippen LogP contribution in [0.15, 0.2) is 47.5 Å². The molecule has 206 valence electrons. The molecule has 0 spiro atoms. The van der Waals surface area contributed by atoms with Crippen LogP contribution in [-0.4, -0.2) is 77.5 Å². The van der Waals surface area contributed by atoms with Gasteiger partial charge in [0.2, 0.25) is 17.9 Å². The van der Waals surface area contributed by atoms with Crippen LogP contribution >= 0.6 is 11.8 Å². The van der Waals surface area contributed by atoms with Gasteiger partial charge in [0.15, 0.2) is 0 Å². The molecular weight excluding hydrogens is 535 g/mol. The number of carbonyl (C=O) groups is 2. The number of rotatable bonds is 7. The zero-order chi connectivity index (χ0) is 27.6. The van der Waals surface area contributed by atoms with Gasteiger partial charge in [-0.15, -0.1) is 11.8 Å². The van der Waals surface area contributed by atoms with Crippen molar-refractivity contribution >= 4 is 40.3 Å². The van der Waals surface area contributed by atoms with Crippen molar-refractivity contribution < 1.29 is 32.2 Å². The van der Waals surface area contributed by atoms with Crippen LogP contribution in [0.2, 0.25) is 0 Å². The Kier molecular flexibility index (Phi) is 7.80. The van der Waals surface area contributed by atoms with E-state index in [9.17, 15) is 22.8 Å². The van der Waals surface area contributed by atoms with Gasteiger partial charge in [-0.1, -0.05) is 0 Å². The van der Waals surface area contributed by atoms with Gasteiger partial charge in [0.25, 0.3) is 5.91 Å². The van der Waals surface area contributed by atoms with Crippen molar-refractivity contribution in [3.63, 3.8) is 0 Å². The van der Waals surface area contributed by atoms with Crippen molar-refractivity contribution in [1.82, 2.24) is 20.2 Å². The van der Waals surface area contributed by atoms with Gasteiger partial charge in [0.1, 0.15) is 5.75 Å². The van der Waals surface area contributed by atoms with E-state index in [2.05, 4.69) is 20.6 Å². The standard InChI is InChI=1S/C26H26F3N5O4S/c1-37-17-3-4-18-19(11-17)33-24(12-30-18)38-22(26(27,28)29)13-34-8-6-16(7-9-34)31-25(36)15-2-5-21-20(10-15)32-23(35)14-39-21/h2-5,10-12,16,22H,6-9,13-14H2,1H3,(H,31,36)(H,32,35). The number of likely N-dealkylation sites (tertiary alicyclic amines) is 1. The smallest absolute Gasteiger partial charge is 0.426 e. The van der Waals surface area contributed by atoms with Gasteiger partial charge >= 0.3 is 6.18 Å².